The summed E-state index contributed by atoms with van der Waals surface area (Å²) in [4.78, 5) is 7.68. The van der Waals surface area contributed by atoms with Crippen LogP contribution in [0.5, 0.6) is 0 Å². The smallest absolute Gasteiger partial charge is 0.242 e. The number of H-pyrrole nitrogens is 1. The van der Waals surface area contributed by atoms with Gasteiger partial charge in [0, 0.05) is 43.3 Å². The summed E-state index contributed by atoms with van der Waals surface area (Å²) in [6.45, 7) is 0. The molecule has 1 aromatic heterocycles. The maximum absolute atomic E-state index is 12.2. The van der Waals surface area contributed by atoms with Crippen LogP contribution < -0.4 is 0 Å². The monoisotopic (exact) mass is 301 g/mol. The highest BCUT2D eigenvalue weighted by atomic mass is 32.2. The normalized spacial score (nSPS) is 15.9. The number of benzene rings is 1. The Labute approximate surface area is 123 Å². The number of hydrogen-bond donors (Lipinski definition) is 1. The number of hydrogen-bond acceptors (Lipinski definition) is 3. The van der Waals surface area contributed by atoms with Gasteiger partial charge in [-0.2, -0.15) is 0 Å². The van der Waals surface area contributed by atoms with E-state index >= 15 is 0 Å². The first-order chi connectivity index (χ1) is 9.98. The van der Waals surface area contributed by atoms with Crippen molar-refractivity contribution in [1.82, 2.24) is 9.29 Å². The SMILES string of the molecule is CN(C)S(=O)(=O)c1ccc2c(c1)C(=Cc1ccc[nH]1)C=N2. The maximum Gasteiger partial charge on any atom is 0.242 e. The molecule has 0 amide bonds. The van der Waals surface area contributed by atoms with Crippen LogP contribution in [0.25, 0.3) is 11.6 Å². The Kier molecular flexibility index (Phi) is 3.27. The first kappa shape index (κ1) is 13.8. The van der Waals surface area contributed by atoms with Crippen molar-refractivity contribution in [1.29, 1.82) is 0 Å². The molecule has 1 aliphatic rings. The van der Waals surface area contributed by atoms with Crippen LogP contribution in [0.15, 0.2) is 46.4 Å². The van der Waals surface area contributed by atoms with E-state index < -0.39 is 10.0 Å². The molecule has 6 heteroatoms. The van der Waals surface area contributed by atoms with Crippen LogP contribution in [-0.2, 0) is 10.0 Å². The molecular weight excluding hydrogens is 286 g/mol. The van der Waals surface area contributed by atoms with Crippen molar-refractivity contribution < 1.29 is 8.42 Å². The molecule has 0 bridgehead atoms. The van der Waals surface area contributed by atoms with Gasteiger partial charge in [-0.15, -0.1) is 0 Å². The Balaban J connectivity index is 2.08. The van der Waals surface area contributed by atoms with E-state index in [1.807, 2.05) is 24.4 Å². The average molecular weight is 301 g/mol. The minimum Gasteiger partial charge on any atom is -0.362 e. The molecule has 108 valence electrons. The first-order valence-electron chi connectivity index (χ1n) is 6.44. The van der Waals surface area contributed by atoms with Gasteiger partial charge < -0.3 is 4.98 Å². The third-order valence-corrected chi connectivity index (χ3v) is 5.14. The predicted octanol–water partition coefficient (Wildman–Crippen LogP) is 2.52. The standard InChI is InChI=1S/C15H15N3O2S/c1-18(2)21(19,20)13-5-6-15-14(9-13)11(10-17-15)8-12-4-3-7-16-12/h3-10,16H,1-2H3. The van der Waals surface area contributed by atoms with E-state index in [1.165, 1.54) is 18.4 Å². The lowest BCUT2D eigenvalue weighted by Crippen LogP contribution is -2.22. The second-order valence-corrected chi connectivity index (χ2v) is 7.10. The van der Waals surface area contributed by atoms with Crippen LogP contribution in [-0.4, -0.2) is 38.0 Å². The summed E-state index contributed by atoms with van der Waals surface area (Å²) < 4.78 is 25.6. The zero-order valence-electron chi connectivity index (χ0n) is 11.7. The van der Waals surface area contributed by atoms with Crippen molar-refractivity contribution in [2.24, 2.45) is 4.99 Å². The molecule has 1 N–H and O–H groups in total. The molecule has 2 heterocycles. The highest BCUT2D eigenvalue weighted by Gasteiger charge is 2.21. The Morgan fingerprint density at radius 3 is 2.71 bits per heavy atom. The van der Waals surface area contributed by atoms with Gasteiger partial charge in [0.1, 0.15) is 0 Å². The van der Waals surface area contributed by atoms with Crippen molar-refractivity contribution >= 4 is 33.6 Å². The number of nitrogens with one attached hydrogen (secondary N) is 1. The van der Waals surface area contributed by atoms with Gasteiger partial charge in [-0.3, -0.25) is 4.99 Å². The molecule has 0 unspecified atom stereocenters. The fourth-order valence-electron chi connectivity index (χ4n) is 2.16. The minimum atomic E-state index is -3.44. The summed E-state index contributed by atoms with van der Waals surface area (Å²) in [5.74, 6) is 0. The molecule has 0 fully saturated rings. The van der Waals surface area contributed by atoms with Crippen LogP contribution in [0, 0.1) is 0 Å². The zero-order chi connectivity index (χ0) is 15.0. The summed E-state index contributed by atoms with van der Waals surface area (Å²) in [5.41, 5.74) is 3.45. The van der Waals surface area contributed by atoms with Crippen molar-refractivity contribution in [3.63, 3.8) is 0 Å². The lowest BCUT2D eigenvalue weighted by Gasteiger charge is -2.12. The largest absolute Gasteiger partial charge is 0.362 e. The van der Waals surface area contributed by atoms with Gasteiger partial charge in [0.2, 0.25) is 10.0 Å². The summed E-state index contributed by atoms with van der Waals surface area (Å²) >= 11 is 0. The van der Waals surface area contributed by atoms with Crippen molar-refractivity contribution in [3.8, 4) is 0 Å². The highest BCUT2D eigenvalue weighted by molar-refractivity contribution is 7.89. The Morgan fingerprint density at radius 1 is 1.24 bits per heavy atom. The minimum absolute atomic E-state index is 0.272. The molecule has 2 aromatic rings. The summed E-state index contributed by atoms with van der Waals surface area (Å²) in [5, 5.41) is 0. The summed E-state index contributed by atoms with van der Waals surface area (Å²) in [6, 6.07) is 8.85. The predicted molar refractivity (Wildman–Crippen MR) is 84.1 cm³/mol. The maximum atomic E-state index is 12.2. The number of rotatable bonds is 3. The van der Waals surface area contributed by atoms with Crippen molar-refractivity contribution in [2.45, 2.75) is 4.90 Å². The van der Waals surface area contributed by atoms with E-state index in [4.69, 9.17) is 0 Å². The topological polar surface area (TPSA) is 65.5 Å². The molecule has 0 saturated carbocycles. The van der Waals surface area contributed by atoms with Gasteiger partial charge >= 0.3 is 0 Å². The van der Waals surface area contributed by atoms with Gasteiger partial charge in [-0.1, -0.05) is 0 Å². The fourth-order valence-corrected chi connectivity index (χ4v) is 3.08. The van der Waals surface area contributed by atoms with Gasteiger partial charge in [0.25, 0.3) is 0 Å². The van der Waals surface area contributed by atoms with Crippen LogP contribution in [0.4, 0.5) is 5.69 Å². The molecule has 21 heavy (non-hydrogen) atoms. The van der Waals surface area contributed by atoms with Crippen molar-refractivity contribution in [2.75, 3.05) is 14.1 Å². The van der Waals surface area contributed by atoms with E-state index in [1.54, 1.807) is 24.4 Å². The second-order valence-electron chi connectivity index (χ2n) is 4.95. The number of fused-ring (bicyclic) bond motifs is 1. The Morgan fingerprint density at radius 2 is 2.05 bits per heavy atom. The number of aromatic amines is 1. The van der Waals surface area contributed by atoms with Crippen LogP contribution in [0.2, 0.25) is 0 Å². The number of aromatic nitrogens is 1. The van der Waals surface area contributed by atoms with Gasteiger partial charge in [-0.25, -0.2) is 12.7 Å². The Bertz CT molecular complexity index is 832. The third-order valence-electron chi connectivity index (χ3n) is 3.33. The molecule has 0 saturated heterocycles. The summed E-state index contributed by atoms with van der Waals surface area (Å²) in [7, 11) is -0.396. The van der Waals surface area contributed by atoms with Gasteiger partial charge in [-0.05, 0) is 36.4 Å². The molecule has 0 aliphatic carbocycles. The molecule has 5 nitrogen and oxygen atoms in total. The lowest BCUT2D eigenvalue weighted by molar-refractivity contribution is 0.521. The van der Waals surface area contributed by atoms with E-state index in [2.05, 4.69) is 9.98 Å². The molecule has 1 aliphatic heterocycles. The number of allylic oxidation sites excluding steroid dienone is 1. The van der Waals surface area contributed by atoms with E-state index in [9.17, 15) is 8.42 Å². The van der Waals surface area contributed by atoms with Crippen LogP contribution in [0.3, 0.4) is 0 Å². The first-order valence-corrected chi connectivity index (χ1v) is 7.88. The number of sulfonamides is 1. The second kappa shape index (κ2) is 4.98. The van der Waals surface area contributed by atoms with Gasteiger partial charge in [0.15, 0.2) is 0 Å². The number of nitrogens with zero attached hydrogens (tertiary/aromatic N) is 2. The molecule has 0 atom stereocenters. The molecule has 0 radical (unpaired) electrons. The van der Waals surface area contributed by atoms with Gasteiger partial charge in [0.05, 0.1) is 10.6 Å². The molecule has 1 aromatic carbocycles. The van der Waals surface area contributed by atoms with E-state index in [0.717, 1.165) is 22.5 Å². The third kappa shape index (κ3) is 2.43. The quantitative estimate of drug-likeness (QED) is 0.946. The summed E-state index contributed by atoms with van der Waals surface area (Å²) in [6.07, 6.45) is 5.53. The van der Waals surface area contributed by atoms with Crippen LogP contribution >= 0.6 is 0 Å². The average Bonchev–Trinajstić information content (AvgIpc) is 3.09. The highest BCUT2D eigenvalue weighted by Crippen LogP contribution is 2.34. The zero-order valence-corrected chi connectivity index (χ0v) is 12.6. The van der Waals surface area contributed by atoms with Crippen LogP contribution in [0.1, 0.15) is 11.3 Å². The van der Waals surface area contributed by atoms with E-state index in [0.29, 0.717) is 0 Å². The fraction of sp³-hybridized carbons (Fsp3) is 0.133. The Hall–Kier alpha value is -2.18. The van der Waals surface area contributed by atoms with E-state index in [-0.39, 0.29) is 4.90 Å². The molecule has 0 spiro atoms. The molecular formula is C15H15N3O2S. The molecule has 3 rings (SSSR count). The van der Waals surface area contributed by atoms with Crippen molar-refractivity contribution in [3.05, 3.63) is 47.8 Å². The lowest BCUT2D eigenvalue weighted by atomic mass is 10.1. The number of aliphatic imine (C=N–C) groups is 1.